The van der Waals surface area contributed by atoms with Gasteiger partial charge in [0.25, 0.3) is 0 Å². The third-order valence-corrected chi connectivity index (χ3v) is 10.4. The van der Waals surface area contributed by atoms with E-state index in [4.69, 9.17) is 9.79 Å². The summed E-state index contributed by atoms with van der Waals surface area (Å²) in [6, 6.07) is 3.59. The fourth-order valence-electron chi connectivity index (χ4n) is 6.77. The number of ketones is 1. The summed E-state index contributed by atoms with van der Waals surface area (Å²) in [4.78, 5) is 87.7. The molecule has 50 heavy (non-hydrogen) atoms. The lowest BCUT2D eigenvalue weighted by Crippen LogP contribution is -2.64. The number of fused-ring (bicyclic) bond motifs is 2. The van der Waals surface area contributed by atoms with Crippen molar-refractivity contribution in [2.24, 2.45) is 5.92 Å². The molecule has 0 bridgehead atoms. The van der Waals surface area contributed by atoms with E-state index in [9.17, 15) is 28.5 Å². The van der Waals surface area contributed by atoms with E-state index < -0.39 is 49.7 Å². The summed E-state index contributed by atoms with van der Waals surface area (Å²) in [5.74, 6) is -1.85. The Labute approximate surface area is 293 Å². The van der Waals surface area contributed by atoms with Crippen LogP contribution in [0.3, 0.4) is 0 Å². The molecule has 1 aromatic carbocycles. The van der Waals surface area contributed by atoms with E-state index in [0.717, 1.165) is 23.7 Å². The average Bonchev–Trinajstić information content (AvgIpc) is 3.44. The Morgan fingerprint density at radius 1 is 0.980 bits per heavy atom. The van der Waals surface area contributed by atoms with Gasteiger partial charge in [-0.1, -0.05) is 58.2 Å². The second-order valence-electron chi connectivity index (χ2n) is 13.4. The fourth-order valence-corrected chi connectivity index (χ4v) is 7.09. The van der Waals surface area contributed by atoms with Crippen molar-refractivity contribution in [2.45, 2.75) is 122 Å². The van der Waals surface area contributed by atoms with Crippen LogP contribution in [0.5, 0.6) is 0 Å². The molecule has 2 aliphatic rings. The number of amides is 4. The number of Topliss-reactive ketones (excluding diaryl/α,β-unsaturated/α-hetero) is 1. The highest BCUT2D eigenvalue weighted by Gasteiger charge is 2.41. The molecule has 3 heterocycles. The number of rotatable bonds is 15. The predicted octanol–water partition coefficient (Wildman–Crippen LogP) is 3.12. The van der Waals surface area contributed by atoms with E-state index in [1.807, 2.05) is 45.0 Å². The van der Waals surface area contributed by atoms with Crippen molar-refractivity contribution in [3.8, 4) is 0 Å². The van der Waals surface area contributed by atoms with Gasteiger partial charge in [0.15, 0.2) is 0 Å². The Morgan fingerprint density at radius 2 is 1.70 bits per heavy atom. The quantitative estimate of drug-likeness (QED) is 0.136. The standard InChI is InChI=1S/C35H52N5O9P/c1-4-23(3)31-35(45)40-18-12-11-17-30(40)34(44)36-27(15-8-6-7-13-25(41)5-2)32(42)37-28(33(43)38-31)21-24-22-39(19-20-49-50(46,47)48)29-16-10-9-14-26(24)29/h9-10,14,16,22-23,27-28,30-31H,4-8,11-13,15,17-21H2,1-3H3,(H,36,44)(H,37,42)(H,38,43)(H2,46,47,48)/t23?,27-,28-,30?,31-/m0/s1. The van der Waals surface area contributed by atoms with E-state index in [1.54, 1.807) is 15.7 Å². The Hall–Kier alpha value is -3.58. The molecule has 2 aromatic rings. The maximum absolute atomic E-state index is 14.2. The minimum Gasteiger partial charge on any atom is -0.345 e. The highest BCUT2D eigenvalue weighted by Crippen LogP contribution is 2.35. The van der Waals surface area contributed by atoms with Gasteiger partial charge in [-0.2, -0.15) is 0 Å². The largest absolute Gasteiger partial charge is 0.469 e. The molecule has 2 aliphatic heterocycles. The van der Waals surface area contributed by atoms with Gasteiger partial charge in [-0.05, 0) is 49.7 Å². The molecule has 5 atom stereocenters. The molecule has 1 aromatic heterocycles. The van der Waals surface area contributed by atoms with E-state index in [1.165, 1.54) is 0 Å². The molecule has 0 spiro atoms. The van der Waals surface area contributed by atoms with Crippen LogP contribution in [0.4, 0.5) is 0 Å². The number of aromatic nitrogens is 1. The second kappa shape index (κ2) is 18.1. The van der Waals surface area contributed by atoms with Crippen molar-refractivity contribution in [3.63, 3.8) is 0 Å². The number of piperidine rings is 1. The molecule has 2 unspecified atom stereocenters. The number of hydrogen-bond acceptors (Lipinski definition) is 7. The maximum Gasteiger partial charge on any atom is 0.469 e. The van der Waals surface area contributed by atoms with Gasteiger partial charge >= 0.3 is 7.82 Å². The zero-order valence-electron chi connectivity index (χ0n) is 29.3. The number of hydrogen-bond donors (Lipinski definition) is 5. The topological polar surface area (TPSA) is 196 Å². The Bertz CT molecular complexity index is 1570. The van der Waals surface area contributed by atoms with Gasteiger partial charge in [0.2, 0.25) is 23.6 Å². The van der Waals surface area contributed by atoms with Crippen LogP contribution in [0.1, 0.15) is 90.5 Å². The SMILES string of the molecule is CCC(=O)CCCCC[C@@H]1NC(=O)C2CCCCN2C(=O)[C@H](C(C)CC)NC(=O)[C@H](Cc2cn(CCOP(=O)(O)O)c3ccccc23)NC1=O. The summed E-state index contributed by atoms with van der Waals surface area (Å²) in [6.45, 7) is 5.85. The summed E-state index contributed by atoms with van der Waals surface area (Å²) < 4.78 is 17.7. The number of phosphoric ester groups is 1. The van der Waals surface area contributed by atoms with E-state index in [2.05, 4.69) is 20.5 Å². The van der Waals surface area contributed by atoms with Crippen LogP contribution >= 0.6 is 7.82 Å². The summed E-state index contributed by atoms with van der Waals surface area (Å²) in [6.07, 6.45) is 7.47. The lowest BCUT2D eigenvalue weighted by molar-refractivity contribution is -0.147. The number of carbonyl (C=O) groups is 5. The first-order chi connectivity index (χ1) is 23.8. The van der Waals surface area contributed by atoms with Crippen LogP contribution in [0.15, 0.2) is 30.5 Å². The second-order valence-corrected chi connectivity index (χ2v) is 14.7. The van der Waals surface area contributed by atoms with Crippen LogP contribution in [-0.2, 0) is 46.0 Å². The molecule has 15 heteroatoms. The first kappa shape index (κ1) is 39.2. The van der Waals surface area contributed by atoms with Gasteiger partial charge in [0.05, 0.1) is 6.61 Å². The monoisotopic (exact) mass is 717 g/mol. The molecule has 0 saturated carbocycles. The van der Waals surface area contributed by atoms with Gasteiger partial charge < -0.3 is 35.2 Å². The maximum atomic E-state index is 14.2. The van der Waals surface area contributed by atoms with Crippen LogP contribution in [0.25, 0.3) is 10.9 Å². The lowest BCUT2D eigenvalue weighted by Gasteiger charge is -2.39. The third-order valence-electron chi connectivity index (χ3n) is 9.86. The van der Waals surface area contributed by atoms with Crippen molar-refractivity contribution in [1.29, 1.82) is 0 Å². The molecule has 2 fully saturated rings. The summed E-state index contributed by atoms with van der Waals surface area (Å²) in [7, 11) is -4.67. The molecular formula is C35H52N5O9P. The van der Waals surface area contributed by atoms with Crippen molar-refractivity contribution >= 4 is 48.1 Å². The summed E-state index contributed by atoms with van der Waals surface area (Å²) in [5.41, 5.74) is 1.43. The van der Waals surface area contributed by atoms with Crippen molar-refractivity contribution in [2.75, 3.05) is 13.2 Å². The number of nitrogens with zero attached hydrogens (tertiary/aromatic N) is 2. The lowest BCUT2D eigenvalue weighted by atomic mass is 9.93. The molecule has 0 aliphatic carbocycles. The third kappa shape index (κ3) is 10.5. The number of phosphoric acid groups is 1. The van der Waals surface area contributed by atoms with E-state index in [-0.39, 0.29) is 37.2 Å². The molecule has 4 rings (SSSR count). The molecule has 2 saturated heterocycles. The predicted molar refractivity (Wildman–Crippen MR) is 187 cm³/mol. The molecule has 276 valence electrons. The van der Waals surface area contributed by atoms with Crippen LogP contribution in [-0.4, -0.2) is 86.0 Å². The smallest absolute Gasteiger partial charge is 0.345 e. The van der Waals surface area contributed by atoms with Crippen LogP contribution < -0.4 is 16.0 Å². The zero-order chi connectivity index (χ0) is 36.4. The molecule has 14 nitrogen and oxygen atoms in total. The van der Waals surface area contributed by atoms with Gasteiger partial charge in [-0.25, -0.2) is 4.57 Å². The number of unbranched alkanes of at least 4 members (excludes halogenated alkanes) is 2. The van der Waals surface area contributed by atoms with Crippen LogP contribution in [0, 0.1) is 5.92 Å². The minimum atomic E-state index is -4.67. The highest BCUT2D eigenvalue weighted by atomic mass is 31.2. The molecular weight excluding hydrogens is 665 g/mol. The number of benzene rings is 1. The van der Waals surface area contributed by atoms with E-state index in [0.29, 0.717) is 63.5 Å². The highest BCUT2D eigenvalue weighted by molar-refractivity contribution is 7.46. The number of para-hydroxylation sites is 1. The Morgan fingerprint density at radius 3 is 2.42 bits per heavy atom. The number of nitrogens with one attached hydrogen (secondary N) is 3. The van der Waals surface area contributed by atoms with Crippen molar-refractivity contribution < 1.29 is 42.8 Å². The molecule has 4 amide bonds. The molecule has 5 N–H and O–H groups in total. The van der Waals surface area contributed by atoms with Gasteiger partial charge in [0, 0.05) is 49.5 Å². The van der Waals surface area contributed by atoms with Gasteiger partial charge in [-0.15, -0.1) is 0 Å². The first-order valence-corrected chi connectivity index (χ1v) is 19.4. The van der Waals surface area contributed by atoms with Crippen molar-refractivity contribution in [1.82, 2.24) is 25.4 Å². The minimum absolute atomic E-state index is 0.0397. The molecule has 0 radical (unpaired) electrons. The average molecular weight is 718 g/mol. The summed E-state index contributed by atoms with van der Waals surface area (Å²) >= 11 is 0. The summed E-state index contributed by atoms with van der Waals surface area (Å²) in [5, 5.41) is 9.53. The van der Waals surface area contributed by atoms with Crippen molar-refractivity contribution in [3.05, 3.63) is 36.0 Å². The van der Waals surface area contributed by atoms with E-state index >= 15 is 0 Å². The zero-order valence-corrected chi connectivity index (χ0v) is 30.2. The Balaban J connectivity index is 1.66. The van der Waals surface area contributed by atoms with Crippen LogP contribution in [0.2, 0.25) is 0 Å². The first-order valence-electron chi connectivity index (χ1n) is 17.8. The fraction of sp³-hybridized carbons (Fsp3) is 0.629. The van der Waals surface area contributed by atoms with Gasteiger partial charge in [0.1, 0.15) is 30.0 Å². The Kier molecular flexibility index (Phi) is 14.2. The normalized spacial score (nSPS) is 22.9. The van der Waals surface area contributed by atoms with Gasteiger partial charge in [-0.3, -0.25) is 28.5 Å². The number of carbonyl (C=O) groups excluding carboxylic acids is 5.